The number of pyridine rings is 1. The second-order valence-electron chi connectivity index (χ2n) is 5.72. The highest BCUT2D eigenvalue weighted by molar-refractivity contribution is 7.20. The molecule has 1 N–H and O–H groups in total. The first-order chi connectivity index (χ1) is 12.4. The van der Waals surface area contributed by atoms with E-state index in [1.807, 2.05) is 30.3 Å². The van der Waals surface area contributed by atoms with Gasteiger partial charge in [0.05, 0.1) is 16.0 Å². The fourth-order valence-electron chi connectivity index (χ4n) is 2.65. The summed E-state index contributed by atoms with van der Waals surface area (Å²) in [5.41, 5.74) is 0.117. The van der Waals surface area contributed by atoms with E-state index in [1.165, 1.54) is 23.5 Å². The molecule has 0 unspecified atom stereocenters. The molecule has 0 spiro atoms. The number of halogens is 3. The van der Waals surface area contributed by atoms with Gasteiger partial charge in [-0.15, -0.1) is 11.3 Å². The summed E-state index contributed by atoms with van der Waals surface area (Å²) in [6.07, 6.45) is -4.46. The molecule has 0 saturated heterocycles. The van der Waals surface area contributed by atoms with E-state index in [4.69, 9.17) is 0 Å². The number of amides is 1. The topological polar surface area (TPSA) is 42.0 Å². The van der Waals surface area contributed by atoms with Gasteiger partial charge in [0.25, 0.3) is 5.91 Å². The second kappa shape index (κ2) is 6.10. The maximum Gasteiger partial charge on any atom is 0.416 e. The van der Waals surface area contributed by atoms with Gasteiger partial charge in [-0.3, -0.25) is 4.79 Å². The summed E-state index contributed by atoms with van der Waals surface area (Å²) in [6.45, 7) is 0. The largest absolute Gasteiger partial charge is 0.416 e. The SMILES string of the molecule is O=C(Nc1cccc(C(F)(F)F)c1)c1cc2cc3ccccc3nc2s1. The Hall–Kier alpha value is -2.93. The monoisotopic (exact) mass is 372 g/mol. The summed E-state index contributed by atoms with van der Waals surface area (Å²) < 4.78 is 38.4. The molecule has 1 amide bonds. The van der Waals surface area contributed by atoms with Crippen LogP contribution in [0.25, 0.3) is 21.1 Å². The van der Waals surface area contributed by atoms with Crippen molar-refractivity contribution in [3.8, 4) is 0 Å². The molecule has 0 aliphatic heterocycles. The molecular formula is C19H11F3N2OS. The van der Waals surface area contributed by atoms with Gasteiger partial charge in [0, 0.05) is 16.5 Å². The molecular weight excluding hydrogens is 361 g/mol. The van der Waals surface area contributed by atoms with Crippen LogP contribution in [-0.2, 0) is 6.18 Å². The maximum absolute atomic E-state index is 12.8. The number of anilines is 1. The quantitative estimate of drug-likeness (QED) is 0.489. The fraction of sp³-hybridized carbons (Fsp3) is 0.0526. The predicted octanol–water partition coefficient (Wildman–Crippen LogP) is 5.72. The Bertz CT molecular complexity index is 1080. The van der Waals surface area contributed by atoms with Crippen molar-refractivity contribution in [2.75, 3.05) is 5.32 Å². The molecule has 7 heteroatoms. The molecule has 2 aromatic carbocycles. The molecule has 0 aliphatic rings. The number of alkyl halides is 3. The predicted molar refractivity (Wildman–Crippen MR) is 96.5 cm³/mol. The smallest absolute Gasteiger partial charge is 0.321 e. The first-order valence-corrected chi connectivity index (χ1v) is 8.50. The van der Waals surface area contributed by atoms with Crippen LogP contribution in [0.1, 0.15) is 15.2 Å². The number of benzene rings is 2. The fourth-order valence-corrected chi connectivity index (χ4v) is 3.57. The van der Waals surface area contributed by atoms with Gasteiger partial charge < -0.3 is 5.32 Å². The van der Waals surface area contributed by atoms with E-state index in [2.05, 4.69) is 10.3 Å². The highest BCUT2D eigenvalue weighted by Gasteiger charge is 2.30. The van der Waals surface area contributed by atoms with Crippen LogP contribution in [0.3, 0.4) is 0 Å². The van der Waals surface area contributed by atoms with Crippen LogP contribution < -0.4 is 5.32 Å². The number of carbonyl (C=O) groups excluding carboxylic acids is 1. The Labute approximate surface area is 150 Å². The van der Waals surface area contributed by atoms with Crippen LogP contribution in [0.4, 0.5) is 18.9 Å². The molecule has 130 valence electrons. The number of para-hydroxylation sites is 1. The van der Waals surface area contributed by atoms with Crippen LogP contribution >= 0.6 is 11.3 Å². The van der Waals surface area contributed by atoms with Crippen molar-refractivity contribution in [2.45, 2.75) is 6.18 Å². The number of fused-ring (bicyclic) bond motifs is 2. The summed E-state index contributed by atoms with van der Waals surface area (Å²) in [5.74, 6) is -0.462. The van der Waals surface area contributed by atoms with Gasteiger partial charge in [-0.25, -0.2) is 4.98 Å². The van der Waals surface area contributed by atoms with Crippen molar-refractivity contribution in [1.29, 1.82) is 0 Å². The Balaban J connectivity index is 1.65. The Morgan fingerprint density at radius 3 is 2.58 bits per heavy atom. The van der Waals surface area contributed by atoms with Crippen molar-refractivity contribution in [1.82, 2.24) is 4.98 Å². The minimum absolute atomic E-state index is 0.0976. The van der Waals surface area contributed by atoms with E-state index < -0.39 is 17.6 Å². The zero-order valence-corrected chi connectivity index (χ0v) is 14.0. The molecule has 0 atom stereocenters. The molecule has 0 saturated carbocycles. The van der Waals surface area contributed by atoms with Gasteiger partial charge in [0.15, 0.2) is 0 Å². The molecule has 4 rings (SSSR count). The van der Waals surface area contributed by atoms with Crippen molar-refractivity contribution >= 4 is 44.1 Å². The maximum atomic E-state index is 12.8. The van der Waals surface area contributed by atoms with Crippen LogP contribution in [0, 0.1) is 0 Å². The minimum atomic E-state index is -4.46. The van der Waals surface area contributed by atoms with Crippen molar-refractivity contribution in [2.24, 2.45) is 0 Å². The number of thiophene rings is 1. The van der Waals surface area contributed by atoms with Gasteiger partial charge in [-0.2, -0.15) is 13.2 Å². The third-order valence-electron chi connectivity index (χ3n) is 3.88. The third-order valence-corrected chi connectivity index (χ3v) is 4.92. The van der Waals surface area contributed by atoms with Crippen molar-refractivity contribution in [3.05, 3.63) is 71.1 Å². The standard InChI is InChI=1S/C19H11F3N2OS/c20-19(21,22)13-5-3-6-14(10-13)23-17(25)16-9-12-8-11-4-1-2-7-15(11)24-18(12)26-16/h1-10H,(H,23,25). The summed E-state index contributed by atoms with van der Waals surface area (Å²) in [5, 5.41) is 4.30. The number of rotatable bonds is 2. The normalized spacial score (nSPS) is 11.8. The lowest BCUT2D eigenvalue weighted by Gasteiger charge is -2.09. The summed E-state index contributed by atoms with van der Waals surface area (Å²) in [4.78, 5) is 18.0. The number of nitrogens with zero attached hydrogens (tertiary/aromatic N) is 1. The average Bonchev–Trinajstić information content (AvgIpc) is 3.02. The van der Waals surface area contributed by atoms with Gasteiger partial charge in [0.2, 0.25) is 0 Å². The van der Waals surface area contributed by atoms with E-state index >= 15 is 0 Å². The molecule has 0 bridgehead atoms. The molecule has 26 heavy (non-hydrogen) atoms. The highest BCUT2D eigenvalue weighted by atomic mass is 32.1. The molecule has 0 fully saturated rings. The molecule has 3 nitrogen and oxygen atoms in total. The van der Waals surface area contributed by atoms with Crippen LogP contribution in [-0.4, -0.2) is 10.9 Å². The Morgan fingerprint density at radius 1 is 0.962 bits per heavy atom. The summed E-state index contributed by atoms with van der Waals surface area (Å²) in [7, 11) is 0. The zero-order chi connectivity index (χ0) is 18.3. The van der Waals surface area contributed by atoms with E-state index in [-0.39, 0.29) is 5.69 Å². The van der Waals surface area contributed by atoms with Crippen molar-refractivity contribution in [3.63, 3.8) is 0 Å². The lowest BCUT2D eigenvalue weighted by atomic mass is 10.2. The average molecular weight is 372 g/mol. The first kappa shape index (κ1) is 16.5. The van der Waals surface area contributed by atoms with E-state index in [1.54, 1.807) is 6.07 Å². The van der Waals surface area contributed by atoms with Crippen LogP contribution in [0.2, 0.25) is 0 Å². The zero-order valence-electron chi connectivity index (χ0n) is 13.2. The highest BCUT2D eigenvalue weighted by Crippen LogP contribution is 2.31. The summed E-state index contributed by atoms with van der Waals surface area (Å²) >= 11 is 1.20. The van der Waals surface area contributed by atoms with Gasteiger partial charge in [0.1, 0.15) is 4.83 Å². The number of hydrogen-bond acceptors (Lipinski definition) is 3. The third kappa shape index (κ3) is 3.13. The number of nitrogens with one attached hydrogen (secondary N) is 1. The van der Waals surface area contributed by atoms with E-state index in [0.717, 1.165) is 28.4 Å². The van der Waals surface area contributed by atoms with Gasteiger partial charge in [-0.1, -0.05) is 24.3 Å². The number of aromatic nitrogens is 1. The van der Waals surface area contributed by atoms with E-state index in [0.29, 0.717) is 9.71 Å². The molecule has 2 aromatic heterocycles. The lowest BCUT2D eigenvalue weighted by molar-refractivity contribution is -0.137. The molecule has 2 heterocycles. The lowest BCUT2D eigenvalue weighted by Crippen LogP contribution is -2.11. The molecule has 0 aliphatic carbocycles. The molecule has 0 radical (unpaired) electrons. The Kier molecular flexibility index (Phi) is 3.88. The van der Waals surface area contributed by atoms with Crippen LogP contribution in [0.5, 0.6) is 0 Å². The van der Waals surface area contributed by atoms with Crippen molar-refractivity contribution < 1.29 is 18.0 Å². The van der Waals surface area contributed by atoms with Gasteiger partial charge >= 0.3 is 6.18 Å². The van der Waals surface area contributed by atoms with E-state index in [9.17, 15) is 18.0 Å². The number of hydrogen-bond donors (Lipinski definition) is 1. The summed E-state index contributed by atoms with van der Waals surface area (Å²) in [6, 6.07) is 15.8. The first-order valence-electron chi connectivity index (χ1n) is 7.68. The van der Waals surface area contributed by atoms with Gasteiger partial charge in [-0.05, 0) is 36.4 Å². The second-order valence-corrected chi connectivity index (χ2v) is 6.75. The van der Waals surface area contributed by atoms with Crippen LogP contribution in [0.15, 0.2) is 60.7 Å². The number of carbonyl (C=O) groups is 1. The molecule has 4 aromatic rings. The minimum Gasteiger partial charge on any atom is -0.321 e. The Morgan fingerprint density at radius 2 is 1.77 bits per heavy atom.